The quantitative estimate of drug-likeness (QED) is 0.754. The van der Waals surface area contributed by atoms with Gasteiger partial charge in [-0.25, -0.2) is 4.79 Å². The SMILES string of the molecule is Cc1ccccc1C1NC(=O)NC2=C1C(=O)N(CCO)C2. The van der Waals surface area contributed by atoms with Crippen LogP contribution in [0.5, 0.6) is 0 Å². The molecular formula is C15H17N3O3. The molecule has 6 heteroatoms. The Labute approximate surface area is 122 Å². The Hall–Kier alpha value is -2.34. The van der Waals surface area contributed by atoms with Crippen LogP contribution in [-0.2, 0) is 4.79 Å². The normalized spacial score (nSPS) is 21.2. The van der Waals surface area contributed by atoms with Crippen molar-refractivity contribution in [3.63, 3.8) is 0 Å². The fourth-order valence-corrected chi connectivity index (χ4v) is 2.87. The number of β-amino-alcohol motifs (C(OH)–C–C–N with tert-alkyl or cyclic N) is 1. The Morgan fingerprint density at radius 2 is 2.10 bits per heavy atom. The summed E-state index contributed by atoms with van der Waals surface area (Å²) in [5, 5.41) is 14.6. The highest BCUT2D eigenvalue weighted by atomic mass is 16.3. The average Bonchev–Trinajstić information content (AvgIpc) is 2.75. The third kappa shape index (κ3) is 2.27. The van der Waals surface area contributed by atoms with Gasteiger partial charge in [0.15, 0.2) is 0 Å². The highest BCUT2D eigenvalue weighted by Crippen LogP contribution is 2.33. The van der Waals surface area contributed by atoms with Crippen LogP contribution in [0.3, 0.4) is 0 Å². The molecule has 2 aliphatic rings. The molecule has 0 bridgehead atoms. The topological polar surface area (TPSA) is 81.7 Å². The summed E-state index contributed by atoms with van der Waals surface area (Å²) < 4.78 is 0. The molecule has 1 unspecified atom stereocenters. The van der Waals surface area contributed by atoms with Crippen LogP contribution in [0, 0.1) is 6.92 Å². The monoisotopic (exact) mass is 287 g/mol. The number of nitrogens with zero attached hydrogens (tertiary/aromatic N) is 1. The first-order chi connectivity index (χ1) is 10.1. The first-order valence-corrected chi connectivity index (χ1v) is 6.88. The molecule has 0 radical (unpaired) electrons. The van der Waals surface area contributed by atoms with Crippen LogP contribution in [0.15, 0.2) is 35.5 Å². The summed E-state index contributed by atoms with van der Waals surface area (Å²) in [6.45, 7) is 2.46. The largest absolute Gasteiger partial charge is 0.395 e. The van der Waals surface area contributed by atoms with Gasteiger partial charge in [-0.3, -0.25) is 4.79 Å². The number of hydrogen-bond donors (Lipinski definition) is 3. The molecule has 0 fully saturated rings. The fraction of sp³-hybridized carbons (Fsp3) is 0.333. The number of urea groups is 1. The summed E-state index contributed by atoms with van der Waals surface area (Å²) in [7, 11) is 0. The summed E-state index contributed by atoms with van der Waals surface area (Å²) in [6.07, 6.45) is 0. The minimum absolute atomic E-state index is 0.0945. The molecule has 110 valence electrons. The van der Waals surface area contributed by atoms with Crippen molar-refractivity contribution in [2.45, 2.75) is 13.0 Å². The Balaban J connectivity index is 2.01. The number of rotatable bonds is 3. The lowest BCUT2D eigenvalue weighted by molar-refractivity contribution is -0.126. The number of carbonyl (C=O) groups excluding carboxylic acids is 2. The lowest BCUT2D eigenvalue weighted by Crippen LogP contribution is -2.44. The second-order valence-electron chi connectivity index (χ2n) is 5.23. The molecule has 3 N–H and O–H groups in total. The van der Waals surface area contributed by atoms with Crippen LogP contribution >= 0.6 is 0 Å². The van der Waals surface area contributed by atoms with Gasteiger partial charge in [0.25, 0.3) is 5.91 Å². The second-order valence-corrected chi connectivity index (χ2v) is 5.23. The summed E-state index contributed by atoms with van der Waals surface area (Å²) in [5.41, 5.74) is 3.13. The number of nitrogens with one attached hydrogen (secondary N) is 2. The van der Waals surface area contributed by atoms with Crippen LogP contribution in [-0.4, -0.2) is 41.6 Å². The van der Waals surface area contributed by atoms with E-state index in [1.165, 1.54) is 0 Å². The van der Waals surface area contributed by atoms with Gasteiger partial charge < -0.3 is 20.6 Å². The molecule has 21 heavy (non-hydrogen) atoms. The summed E-state index contributed by atoms with van der Waals surface area (Å²) in [4.78, 5) is 25.9. The zero-order valence-corrected chi connectivity index (χ0v) is 11.7. The minimum Gasteiger partial charge on any atom is -0.395 e. The van der Waals surface area contributed by atoms with Gasteiger partial charge in [0.05, 0.1) is 30.5 Å². The third-order valence-electron chi connectivity index (χ3n) is 3.89. The molecule has 3 rings (SSSR count). The lowest BCUT2D eigenvalue weighted by Gasteiger charge is -2.26. The first-order valence-electron chi connectivity index (χ1n) is 6.88. The maximum Gasteiger partial charge on any atom is 0.319 e. The molecule has 2 aliphatic heterocycles. The molecule has 0 spiro atoms. The van der Waals surface area contributed by atoms with E-state index < -0.39 is 6.04 Å². The molecule has 0 aromatic heterocycles. The standard InChI is InChI=1S/C15H17N3O3/c1-9-4-2-3-5-10(9)13-12-11(16-15(21)17-13)8-18(6-7-19)14(12)20/h2-5,13,19H,6-8H2,1H3,(H2,16,17,21). The maximum atomic E-state index is 12.5. The molecular weight excluding hydrogens is 270 g/mol. The van der Waals surface area contributed by atoms with E-state index in [-0.39, 0.29) is 25.1 Å². The van der Waals surface area contributed by atoms with Crippen molar-refractivity contribution in [1.29, 1.82) is 0 Å². The van der Waals surface area contributed by atoms with Crippen LogP contribution < -0.4 is 10.6 Å². The predicted molar refractivity (Wildman–Crippen MR) is 76.3 cm³/mol. The van der Waals surface area contributed by atoms with Gasteiger partial charge in [-0.2, -0.15) is 0 Å². The van der Waals surface area contributed by atoms with E-state index in [9.17, 15) is 9.59 Å². The van der Waals surface area contributed by atoms with Crippen LogP contribution in [0.2, 0.25) is 0 Å². The summed E-state index contributed by atoms with van der Waals surface area (Å²) in [6, 6.07) is 6.94. The maximum absolute atomic E-state index is 12.5. The molecule has 1 aromatic rings. The molecule has 3 amide bonds. The minimum atomic E-state index is -0.439. The molecule has 0 aliphatic carbocycles. The number of benzene rings is 1. The molecule has 6 nitrogen and oxygen atoms in total. The van der Waals surface area contributed by atoms with Gasteiger partial charge in [0.1, 0.15) is 0 Å². The van der Waals surface area contributed by atoms with E-state index in [0.29, 0.717) is 17.8 Å². The third-order valence-corrected chi connectivity index (χ3v) is 3.89. The van der Waals surface area contributed by atoms with Crippen molar-refractivity contribution in [2.24, 2.45) is 0 Å². The molecule has 0 saturated carbocycles. The van der Waals surface area contributed by atoms with Crippen molar-refractivity contribution in [1.82, 2.24) is 15.5 Å². The van der Waals surface area contributed by atoms with Gasteiger partial charge in [0, 0.05) is 6.54 Å². The number of aryl methyl sites for hydroxylation is 1. The van der Waals surface area contributed by atoms with Crippen molar-refractivity contribution in [3.8, 4) is 0 Å². The number of carbonyl (C=O) groups is 2. The van der Waals surface area contributed by atoms with Gasteiger partial charge >= 0.3 is 6.03 Å². The molecule has 1 atom stereocenters. The number of amides is 3. The summed E-state index contributed by atoms with van der Waals surface area (Å²) >= 11 is 0. The van der Waals surface area contributed by atoms with Crippen molar-refractivity contribution >= 4 is 11.9 Å². The van der Waals surface area contributed by atoms with Gasteiger partial charge in [-0.15, -0.1) is 0 Å². The Morgan fingerprint density at radius 1 is 1.33 bits per heavy atom. The Morgan fingerprint density at radius 3 is 2.81 bits per heavy atom. The van der Waals surface area contributed by atoms with Crippen LogP contribution in [0.4, 0.5) is 4.79 Å². The number of aliphatic hydroxyl groups is 1. The van der Waals surface area contributed by atoms with Crippen LogP contribution in [0.1, 0.15) is 17.2 Å². The van der Waals surface area contributed by atoms with Crippen molar-refractivity contribution in [2.75, 3.05) is 19.7 Å². The van der Waals surface area contributed by atoms with Gasteiger partial charge in [-0.1, -0.05) is 24.3 Å². The van der Waals surface area contributed by atoms with Crippen molar-refractivity contribution < 1.29 is 14.7 Å². The van der Waals surface area contributed by atoms with E-state index in [0.717, 1.165) is 11.1 Å². The second kappa shape index (κ2) is 5.21. The van der Waals surface area contributed by atoms with E-state index in [4.69, 9.17) is 5.11 Å². The summed E-state index contributed by atoms with van der Waals surface area (Å²) in [5.74, 6) is -0.139. The molecule has 2 heterocycles. The first kappa shape index (κ1) is 13.6. The smallest absolute Gasteiger partial charge is 0.319 e. The number of aliphatic hydroxyl groups excluding tert-OH is 1. The predicted octanol–water partition coefficient (Wildman–Crippen LogP) is 0.438. The van der Waals surface area contributed by atoms with Crippen LogP contribution in [0.25, 0.3) is 0 Å². The van der Waals surface area contributed by atoms with E-state index >= 15 is 0 Å². The Kier molecular flexibility index (Phi) is 3.39. The van der Waals surface area contributed by atoms with Gasteiger partial charge in [0.2, 0.25) is 0 Å². The van der Waals surface area contributed by atoms with E-state index in [2.05, 4.69) is 10.6 Å². The Bertz CT molecular complexity index is 639. The van der Waals surface area contributed by atoms with Gasteiger partial charge in [-0.05, 0) is 18.1 Å². The van der Waals surface area contributed by atoms with E-state index in [1.807, 2.05) is 31.2 Å². The molecule has 0 saturated heterocycles. The number of hydrogen-bond acceptors (Lipinski definition) is 3. The molecule has 1 aromatic carbocycles. The van der Waals surface area contributed by atoms with Crippen molar-refractivity contribution in [3.05, 3.63) is 46.7 Å². The fourth-order valence-electron chi connectivity index (χ4n) is 2.87. The highest BCUT2D eigenvalue weighted by molar-refractivity contribution is 6.01. The highest BCUT2D eigenvalue weighted by Gasteiger charge is 2.40. The zero-order valence-electron chi connectivity index (χ0n) is 11.7. The van der Waals surface area contributed by atoms with E-state index in [1.54, 1.807) is 4.90 Å². The average molecular weight is 287 g/mol. The lowest BCUT2D eigenvalue weighted by atomic mass is 9.93. The zero-order chi connectivity index (χ0) is 15.0.